The molecule has 6 nitrogen and oxygen atoms in total. The Hall–Kier alpha value is -3.42. The quantitative estimate of drug-likeness (QED) is 0.201. The number of benzene rings is 2. The molecule has 0 amide bonds. The summed E-state index contributed by atoms with van der Waals surface area (Å²) in [5.74, 6) is -1.20. The fourth-order valence-corrected chi connectivity index (χ4v) is 2.21. The first-order valence-corrected chi connectivity index (χ1v) is 8.62. The lowest BCUT2D eigenvalue weighted by Gasteiger charge is -2.12. The average Bonchev–Trinajstić information content (AvgIpc) is 2.72. The van der Waals surface area contributed by atoms with E-state index in [-0.39, 0.29) is 5.75 Å². The molecule has 0 aliphatic heterocycles. The molecule has 0 saturated carbocycles. The van der Waals surface area contributed by atoms with Gasteiger partial charge in [0.05, 0.1) is 12.8 Å². The number of rotatable bonds is 9. The van der Waals surface area contributed by atoms with E-state index < -0.39 is 18.3 Å². The first kappa shape index (κ1) is 21.9. The fourth-order valence-electron chi connectivity index (χ4n) is 2.21. The average molecular weight is 405 g/mol. The van der Waals surface area contributed by atoms with Gasteiger partial charge in [-0.25, -0.2) is 4.79 Å². The Labute approximate surface area is 167 Å². The van der Waals surface area contributed by atoms with Gasteiger partial charge in [-0.3, -0.25) is 0 Å². The molecule has 0 radical (unpaired) electrons. The Bertz CT molecular complexity index is 882. The van der Waals surface area contributed by atoms with Gasteiger partial charge < -0.3 is 19.0 Å². The van der Waals surface area contributed by atoms with Gasteiger partial charge in [-0.15, -0.1) is 0 Å². The van der Waals surface area contributed by atoms with Crippen LogP contribution < -0.4 is 4.74 Å². The van der Waals surface area contributed by atoms with Crippen LogP contribution in [-0.2, 0) is 25.7 Å². The summed E-state index contributed by atoms with van der Waals surface area (Å²) in [6.45, 7) is 0.700. The van der Waals surface area contributed by atoms with Crippen LogP contribution >= 0.6 is 0 Å². The number of nitrogens with zero attached hydrogens (tertiary/aromatic N) is 1. The maximum atomic E-state index is 12.3. The van der Waals surface area contributed by atoms with Gasteiger partial charge in [0, 0.05) is 5.56 Å². The molecular weight excluding hydrogens is 384 g/mol. The largest absolute Gasteiger partial charge is 0.463 e. The van der Waals surface area contributed by atoms with E-state index in [9.17, 15) is 13.6 Å². The summed E-state index contributed by atoms with van der Waals surface area (Å²) in [5, 5.41) is 4.08. The van der Waals surface area contributed by atoms with E-state index in [2.05, 4.69) is 14.6 Å². The number of aryl methyl sites for hydroxylation is 1. The molecule has 0 fully saturated rings. The van der Waals surface area contributed by atoms with Crippen LogP contribution in [0.15, 0.2) is 65.7 Å². The van der Waals surface area contributed by atoms with Gasteiger partial charge in [0.2, 0.25) is 5.76 Å². The molecule has 29 heavy (non-hydrogen) atoms. The van der Waals surface area contributed by atoms with Gasteiger partial charge in [0.15, 0.2) is 0 Å². The van der Waals surface area contributed by atoms with Crippen LogP contribution in [0.3, 0.4) is 0 Å². The highest BCUT2D eigenvalue weighted by atomic mass is 19.3. The van der Waals surface area contributed by atoms with Crippen LogP contribution in [0.1, 0.15) is 23.6 Å². The van der Waals surface area contributed by atoms with Crippen molar-refractivity contribution >= 4 is 11.7 Å². The zero-order chi connectivity index (χ0) is 21.2. The lowest BCUT2D eigenvalue weighted by Crippen LogP contribution is -2.13. The maximum Gasteiger partial charge on any atom is 0.387 e. The van der Waals surface area contributed by atoms with Crippen molar-refractivity contribution in [1.82, 2.24) is 0 Å². The van der Waals surface area contributed by atoms with Crippen LogP contribution in [0.5, 0.6) is 5.75 Å². The number of hydrogen-bond acceptors (Lipinski definition) is 6. The van der Waals surface area contributed by atoms with Crippen molar-refractivity contribution in [2.45, 2.75) is 27.1 Å². The predicted molar refractivity (Wildman–Crippen MR) is 102 cm³/mol. The summed E-state index contributed by atoms with van der Waals surface area (Å²) >= 11 is 0. The molecule has 2 aromatic rings. The topological polar surface area (TPSA) is 66.4 Å². The lowest BCUT2D eigenvalue weighted by molar-refractivity contribution is -0.139. The lowest BCUT2D eigenvalue weighted by atomic mass is 10.1. The van der Waals surface area contributed by atoms with Crippen molar-refractivity contribution in [2.24, 2.45) is 5.16 Å². The highest BCUT2D eigenvalue weighted by molar-refractivity contribution is 5.98. The Morgan fingerprint density at radius 3 is 2.55 bits per heavy atom. The predicted octanol–water partition coefficient (Wildman–Crippen LogP) is 4.57. The minimum Gasteiger partial charge on any atom is -0.463 e. The second kappa shape index (κ2) is 10.8. The summed E-state index contributed by atoms with van der Waals surface area (Å²) in [6.07, 6.45) is 0.520. The van der Waals surface area contributed by atoms with Gasteiger partial charge in [0.1, 0.15) is 18.6 Å². The number of carbonyl (C=O) groups excluding carboxylic acids is 1. The van der Waals surface area contributed by atoms with Crippen molar-refractivity contribution in [2.75, 3.05) is 7.11 Å². The highest BCUT2D eigenvalue weighted by Gasteiger charge is 2.17. The molecule has 0 atom stereocenters. The molecule has 0 spiro atoms. The summed E-state index contributed by atoms with van der Waals surface area (Å²) < 4.78 is 38.6. The summed E-state index contributed by atoms with van der Waals surface area (Å²) in [4.78, 5) is 17.1. The molecular formula is C21H21F2NO5. The van der Waals surface area contributed by atoms with Crippen molar-refractivity contribution in [3.05, 3.63) is 77.2 Å². The van der Waals surface area contributed by atoms with E-state index in [0.29, 0.717) is 29.7 Å². The SMILES string of the molecule is COC(=O)C(=COC(F)F)Oc1cc(C(C)=NOCc2ccccc2)ccc1C. The van der Waals surface area contributed by atoms with E-state index in [1.807, 2.05) is 30.3 Å². The van der Waals surface area contributed by atoms with Gasteiger partial charge in [-0.1, -0.05) is 47.6 Å². The van der Waals surface area contributed by atoms with E-state index in [1.165, 1.54) is 0 Å². The van der Waals surface area contributed by atoms with Crippen LogP contribution in [-0.4, -0.2) is 25.4 Å². The number of ether oxygens (including phenoxy) is 3. The summed E-state index contributed by atoms with van der Waals surface area (Å²) in [6, 6.07) is 14.7. The molecule has 0 saturated heterocycles. The molecule has 2 aromatic carbocycles. The third-order valence-electron chi connectivity index (χ3n) is 3.77. The second-order valence-corrected chi connectivity index (χ2v) is 5.89. The van der Waals surface area contributed by atoms with Crippen LogP contribution in [0.25, 0.3) is 0 Å². The molecule has 0 aromatic heterocycles. The Kier molecular flexibility index (Phi) is 8.14. The van der Waals surface area contributed by atoms with E-state index in [4.69, 9.17) is 9.57 Å². The van der Waals surface area contributed by atoms with Gasteiger partial charge in [-0.05, 0) is 31.0 Å². The van der Waals surface area contributed by atoms with E-state index >= 15 is 0 Å². The maximum absolute atomic E-state index is 12.3. The number of esters is 1. The van der Waals surface area contributed by atoms with E-state index in [1.54, 1.807) is 32.0 Å². The molecule has 0 bridgehead atoms. The minimum atomic E-state index is -3.10. The monoisotopic (exact) mass is 405 g/mol. The van der Waals surface area contributed by atoms with Crippen molar-refractivity contribution < 1.29 is 32.6 Å². The van der Waals surface area contributed by atoms with Crippen LogP contribution in [0.4, 0.5) is 8.78 Å². The first-order chi connectivity index (χ1) is 13.9. The third-order valence-corrected chi connectivity index (χ3v) is 3.77. The summed E-state index contributed by atoms with van der Waals surface area (Å²) in [5.41, 5.74) is 2.87. The van der Waals surface area contributed by atoms with E-state index in [0.717, 1.165) is 12.7 Å². The highest BCUT2D eigenvalue weighted by Crippen LogP contribution is 2.23. The Balaban J connectivity index is 2.15. The normalized spacial score (nSPS) is 11.9. The molecule has 0 aliphatic carbocycles. The number of methoxy groups -OCH3 is 1. The Morgan fingerprint density at radius 1 is 1.17 bits per heavy atom. The number of hydrogen-bond donors (Lipinski definition) is 0. The molecule has 0 unspecified atom stereocenters. The minimum absolute atomic E-state index is 0.259. The third kappa shape index (κ3) is 6.91. The first-order valence-electron chi connectivity index (χ1n) is 8.62. The van der Waals surface area contributed by atoms with Crippen LogP contribution in [0, 0.1) is 6.92 Å². The fraction of sp³-hybridized carbons (Fsp3) is 0.238. The number of oxime groups is 1. The smallest absolute Gasteiger partial charge is 0.387 e. The zero-order valence-electron chi connectivity index (χ0n) is 16.2. The number of halogens is 2. The van der Waals surface area contributed by atoms with Crippen molar-refractivity contribution in [3.8, 4) is 5.75 Å². The van der Waals surface area contributed by atoms with Gasteiger partial charge in [0.25, 0.3) is 0 Å². The standard InChI is InChI=1S/C21H21F2NO5/c1-14-9-10-17(15(2)24-28-12-16-7-5-4-6-8-16)11-18(14)29-19(20(25)26-3)13-27-21(22)23/h4-11,13,21H,12H2,1-3H3. The number of alkyl halides is 2. The van der Waals surface area contributed by atoms with Gasteiger partial charge >= 0.3 is 12.6 Å². The van der Waals surface area contributed by atoms with Crippen molar-refractivity contribution in [3.63, 3.8) is 0 Å². The molecule has 8 heteroatoms. The zero-order valence-corrected chi connectivity index (χ0v) is 16.2. The second-order valence-electron chi connectivity index (χ2n) is 5.89. The number of carbonyl (C=O) groups is 1. The van der Waals surface area contributed by atoms with Gasteiger partial charge in [-0.2, -0.15) is 8.78 Å². The molecule has 0 aliphatic rings. The van der Waals surface area contributed by atoms with Crippen molar-refractivity contribution in [1.29, 1.82) is 0 Å². The molecule has 154 valence electrons. The molecule has 0 N–H and O–H groups in total. The molecule has 0 heterocycles. The Morgan fingerprint density at radius 2 is 1.90 bits per heavy atom. The molecule has 2 rings (SSSR count). The van der Waals surface area contributed by atoms with Crippen LogP contribution in [0.2, 0.25) is 0 Å². The summed E-state index contributed by atoms with van der Waals surface area (Å²) in [7, 11) is 1.10.